The standard InChI is InChI=1S/C23H17N3O4/c1-16-7-14-22(30-16)21(27)13-10-18-15-25(19-5-3-2-4-6-19)24-23(18)17-8-11-20(12-9-17)26(28)29/h2-15H,1H3/b13-10+. The van der Waals surface area contributed by atoms with E-state index in [0.717, 1.165) is 5.69 Å². The molecule has 2 aromatic carbocycles. The summed E-state index contributed by atoms with van der Waals surface area (Å²) in [5, 5.41) is 15.6. The number of hydrogen-bond acceptors (Lipinski definition) is 5. The number of hydrogen-bond donors (Lipinski definition) is 0. The SMILES string of the molecule is Cc1ccc(C(=O)/C=C/c2cn(-c3ccccc3)nc2-c2ccc([N+](=O)[O-])cc2)o1. The van der Waals surface area contributed by atoms with Gasteiger partial charge in [0.15, 0.2) is 5.76 Å². The summed E-state index contributed by atoms with van der Waals surface area (Å²) >= 11 is 0. The van der Waals surface area contributed by atoms with Crippen LogP contribution in [0.5, 0.6) is 0 Å². The first-order valence-electron chi connectivity index (χ1n) is 9.20. The Morgan fingerprint density at radius 1 is 1.07 bits per heavy atom. The highest BCUT2D eigenvalue weighted by Gasteiger charge is 2.14. The molecule has 0 fully saturated rings. The van der Waals surface area contributed by atoms with E-state index < -0.39 is 4.92 Å². The average Bonchev–Trinajstić information content (AvgIpc) is 3.39. The Labute approximate surface area is 172 Å². The number of non-ortho nitro benzene ring substituents is 1. The number of furan rings is 1. The van der Waals surface area contributed by atoms with Gasteiger partial charge in [0.1, 0.15) is 5.76 Å². The zero-order valence-corrected chi connectivity index (χ0v) is 16.1. The number of carbonyl (C=O) groups excluding carboxylic acids is 1. The molecule has 2 aromatic heterocycles. The van der Waals surface area contributed by atoms with Crippen LogP contribution >= 0.6 is 0 Å². The molecule has 0 saturated carbocycles. The van der Waals surface area contributed by atoms with Gasteiger partial charge in [-0.05, 0) is 55.5 Å². The monoisotopic (exact) mass is 399 g/mol. The molecule has 0 unspecified atom stereocenters. The lowest BCUT2D eigenvalue weighted by atomic mass is 10.1. The molecule has 0 bridgehead atoms. The van der Waals surface area contributed by atoms with Gasteiger partial charge in [0.05, 0.1) is 16.3 Å². The Morgan fingerprint density at radius 2 is 1.80 bits per heavy atom. The molecule has 0 spiro atoms. The van der Waals surface area contributed by atoms with Crippen molar-refractivity contribution in [2.24, 2.45) is 0 Å². The molecule has 0 aliphatic heterocycles. The summed E-state index contributed by atoms with van der Waals surface area (Å²) in [5.74, 6) is 0.663. The lowest BCUT2D eigenvalue weighted by molar-refractivity contribution is -0.384. The number of rotatable bonds is 6. The van der Waals surface area contributed by atoms with Crippen LogP contribution in [0.25, 0.3) is 23.0 Å². The summed E-state index contributed by atoms with van der Waals surface area (Å²) in [6.45, 7) is 1.77. The molecule has 148 valence electrons. The molecule has 7 heteroatoms. The van der Waals surface area contributed by atoms with Crippen molar-refractivity contribution in [2.75, 3.05) is 0 Å². The van der Waals surface area contributed by atoms with Gasteiger partial charge < -0.3 is 4.42 Å². The summed E-state index contributed by atoms with van der Waals surface area (Å²) in [5.41, 5.74) is 2.86. The number of nitro groups is 1. The molecule has 0 aliphatic carbocycles. The lowest BCUT2D eigenvalue weighted by Crippen LogP contribution is -1.94. The van der Waals surface area contributed by atoms with Crippen LogP contribution in [0.2, 0.25) is 0 Å². The largest absolute Gasteiger partial charge is 0.458 e. The van der Waals surface area contributed by atoms with Crippen molar-refractivity contribution < 1.29 is 14.1 Å². The number of para-hydroxylation sites is 1. The molecule has 4 aromatic rings. The maximum Gasteiger partial charge on any atom is 0.269 e. The summed E-state index contributed by atoms with van der Waals surface area (Å²) in [7, 11) is 0. The van der Waals surface area contributed by atoms with Crippen LogP contribution in [0.15, 0.2) is 83.4 Å². The van der Waals surface area contributed by atoms with E-state index in [1.54, 1.807) is 41.9 Å². The van der Waals surface area contributed by atoms with E-state index in [1.165, 1.54) is 18.2 Å². The Kier molecular flexibility index (Phi) is 5.09. The average molecular weight is 399 g/mol. The van der Waals surface area contributed by atoms with Crippen LogP contribution in [-0.2, 0) is 0 Å². The van der Waals surface area contributed by atoms with Gasteiger partial charge in [-0.1, -0.05) is 18.2 Å². The van der Waals surface area contributed by atoms with Crippen LogP contribution in [0.3, 0.4) is 0 Å². The minimum atomic E-state index is -0.447. The van der Waals surface area contributed by atoms with Crippen molar-refractivity contribution in [2.45, 2.75) is 6.92 Å². The number of ketones is 1. The Bertz CT molecular complexity index is 1240. The zero-order chi connectivity index (χ0) is 21.1. The van der Waals surface area contributed by atoms with Gasteiger partial charge >= 0.3 is 0 Å². The first-order chi connectivity index (χ1) is 14.5. The molecule has 0 amide bonds. The maximum absolute atomic E-state index is 12.4. The molecule has 0 N–H and O–H groups in total. The van der Waals surface area contributed by atoms with Crippen LogP contribution < -0.4 is 0 Å². The molecule has 4 rings (SSSR count). The fraction of sp³-hybridized carbons (Fsp3) is 0.0435. The summed E-state index contributed by atoms with van der Waals surface area (Å²) in [6, 6.07) is 19.1. The quantitative estimate of drug-likeness (QED) is 0.191. The second-order valence-electron chi connectivity index (χ2n) is 6.63. The van der Waals surface area contributed by atoms with E-state index in [4.69, 9.17) is 4.42 Å². The zero-order valence-electron chi connectivity index (χ0n) is 16.1. The Hall–Kier alpha value is -4.26. The molecule has 0 saturated heterocycles. The number of allylic oxidation sites excluding steroid dienone is 1. The van der Waals surface area contributed by atoms with Crippen LogP contribution in [0.1, 0.15) is 21.9 Å². The molecule has 0 atom stereocenters. The summed E-state index contributed by atoms with van der Waals surface area (Å²) in [4.78, 5) is 22.9. The number of benzene rings is 2. The Morgan fingerprint density at radius 3 is 2.43 bits per heavy atom. The van der Waals surface area contributed by atoms with Crippen molar-refractivity contribution in [3.63, 3.8) is 0 Å². The number of aromatic nitrogens is 2. The first kappa shape index (κ1) is 19.1. The number of nitrogens with zero attached hydrogens (tertiary/aromatic N) is 3. The van der Waals surface area contributed by atoms with Gasteiger partial charge in [0.25, 0.3) is 5.69 Å². The highest BCUT2D eigenvalue weighted by atomic mass is 16.6. The van der Waals surface area contributed by atoms with E-state index in [0.29, 0.717) is 22.6 Å². The van der Waals surface area contributed by atoms with Crippen LogP contribution in [0.4, 0.5) is 5.69 Å². The number of nitro benzene ring substituents is 1. The van der Waals surface area contributed by atoms with Crippen LogP contribution in [-0.4, -0.2) is 20.5 Å². The summed E-state index contributed by atoms with van der Waals surface area (Å²) < 4.78 is 7.08. The third-order valence-corrected chi connectivity index (χ3v) is 4.51. The number of carbonyl (C=O) groups is 1. The van der Waals surface area contributed by atoms with Gasteiger partial charge in [-0.3, -0.25) is 14.9 Å². The minimum Gasteiger partial charge on any atom is -0.458 e. The Balaban J connectivity index is 1.73. The highest BCUT2D eigenvalue weighted by molar-refractivity contribution is 6.05. The van der Waals surface area contributed by atoms with E-state index in [-0.39, 0.29) is 17.2 Å². The van der Waals surface area contributed by atoms with Gasteiger partial charge in [-0.25, -0.2) is 4.68 Å². The van der Waals surface area contributed by atoms with E-state index in [2.05, 4.69) is 5.10 Å². The normalized spacial score (nSPS) is 11.1. The lowest BCUT2D eigenvalue weighted by Gasteiger charge is -2.00. The third-order valence-electron chi connectivity index (χ3n) is 4.51. The predicted molar refractivity (Wildman–Crippen MR) is 112 cm³/mol. The fourth-order valence-electron chi connectivity index (χ4n) is 3.00. The second-order valence-corrected chi connectivity index (χ2v) is 6.63. The maximum atomic E-state index is 12.4. The third kappa shape index (κ3) is 3.95. The summed E-state index contributed by atoms with van der Waals surface area (Å²) in [6.07, 6.45) is 4.91. The van der Waals surface area contributed by atoms with Gasteiger partial charge in [-0.15, -0.1) is 0 Å². The molecule has 30 heavy (non-hydrogen) atoms. The van der Waals surface area contributed by atoms with Crippen molar-refractivity contribution in [1.29, 1.82) is 0 Å². The van der Waals surface area contributed by atoms with Crippen molar-refractivity contribution in [3.05, 3.63) is 106 Å². The molecule has 2 heterocycles. The van der Waals surface area contributed by atoms with Crippen molar-refractivity contribution >= 4 is 17.5 Å². The van der Waals surface area contributed by atoms with Gasteiger partial charge in [0.2, 0.25) is 5.78 Å². The van der Waals surface area contributed by atoms with Crippen LogP contribution in [0, 0.1) is 17.0 Å². The smallest absolute Gasteiger partial charge is 0.269 e. The first-order valence-corrected chi connectivity index (χ1v) is 9.20. The second kappa shape index (κ2) is 8.00. The highest BCUT2D eigenvalue weighted by Crippen LogP contribution is 2.27. The molecular formula is C23H17N3O4. The van der Waals surface area contributed by atoms with Gasteiger partial charge in [-0.2, -0.15) is 5.10 Å². The molecule has 0 radical (unpaired) electrons. The van der Waals surface area contributed by atoms with E-state index in [1.807, 2.05) is 36.5 Å². The fourth-order valence-corrected chi connectivity index (χ4v) is 3.00. The number of aryl methyl sites for hydroxylation is 1. The van der Waals surface area contributed by atoms with E-state index in [9.17, 15) is 14.9 Å². The van der Waals surface area contributed by atoms with E-state index >= 15 is 0 Å². The molecular weight excluding hydrogens is 382 g/mol. The predicted octanol–water partition coefficient (Wildman–Crippen LogP) is 5.25. The van der Waals surface area contributed by atoms with Gasteiger partial charge in [0, 0.05) is 29.5 Å². The topological polar surface area (TPSA) is 91.2 Å². The molecule has 7 nitrogen and oxygen atoms in total. The molecule has 0 aliphatic rings. The van der Waals surface area contributed by atoms with Crippen molar-refractivity contribution in [1.82, 2.24) is 9.78 Å². The minimum absolute atomic E-state index is 0.00158. The van der Waals surface area contributed by atoms with Crippen molar-refractivity contribution in [3.8, 4) is 16.9 Å².